The molecular weight excluding hydrogens is 438 g/mol. The summed E-state index contributed by atoms with van der Waals surface area (Å²) in [6.07, 6.45) is 3.45. The van der Waals surface area contributed by atoms with Crippen molar-refractivity contribution < 1.29 is 29.3 Å². The molecule has 1 aliphatic heterocycles. The van der Waals surface area contributed by atoms with Gasteiger partial charge in [0, 0.05) is 35.6 Å². The molecule has 0 radical (unpaired) electrons. The van der Waals surface area contributed by atoms with Gasteiger partial charge in [-0.05, 0) is 56.9 Å². The zero-order valence-electron chi connectivity index (χ0n) is 17.6. The third-order valence-electron chi connectivity index (χ3n) is 4.32. The van der Waals surface area contributed by atoms with Gasteiger partial charge in [-0.15, -0.1) is 0 Å². The molecule has 2 aromatic rings. The Morgan fingerprint density at radius 1 is 1.19 bits per heavy atom. The summed E-state index contributed by atoms with van der Waals surface area (Å²) in [4.78, 5) is 40.2. The first-order valence-corrected chi connectivity index (χ1v) is 10.0. The number of carbonyl (C=O) groups is 3. The number of halogens is 1. The van der Waals surface area contributed by atoms with E-state index in [9.17, 15) is 14.4 Å². The third-order valence-corrected chi connectivity index (χ3v) is 4.57. The highest BCUT2D eigenvalue weighted by Crippen LogP contribution is 2.28. The second kappa shape index (κ2) is 11.8. The molecule has 0 aliphatic carbocycles. The number of carboxylic acids is 2. The van der Waals surface area contributed by atoms with Crippen molar-refractivity contribution in [1.82, 2.24) is 9.88 Å². The number of nitrogens with zero attached hydrogens (tertiary/aromatic N) is 3. The molecular formula is C22H24ClN3O6. The molecule has 0 saturated carbocycles. The molecule has 1 atom stereocenters. The lowest BCUT2D eigenvalue weighted by atomic mass is 10.2. The van der Waals surface area contributed by atoms with Gasteiger partial charge in [-0.2, -0.15) is 0 Å². The minimum atomic E-state index is -1.26. The predicted molar refractivity (Wildman–Crippen MR) is 119 cm³/mol. The van der Waals surface area contributed by atoms with Crippen LogP contribution in [0.15, 0.2) is 54.7 Å². The Kier molecular flexibility index (Phi) is 9.18. The first kappa shape index (κ1) is 24.8. The third kappa shape index (κ3) is 7.68. The van der Waals surface area contributed by atoms with Gasteiger partial charge in [0.2, 0.25) is 5.88 Å². The molecule has 10 heteroatoms. The summed E-state index contributed by atoms with van der Waals surface area (Å²) in [5.41, 5.74) is 1.29. The molecule has 0 fully saturated rings. The zero-order valence-corrected chi connectivity index (χ0v) is 18.4. The predicted octanol–water partition coefficient (Wildman–Crippen LogP) is 2.81. The van der Waals surface area contributed by atoms with Crippen molar-refractivity contribution in [2.45, 2.75) is 12.5 Å². The van der Waals surface area contributed by atoms with Crippen LogP contribution < -0.4 is 9.64 Å². The van der Waals surface area contributed by atoms with Crippen LogP contribution in [0.25, 0.3) is 0 Å². The number of amides is 1. The van der Waals surface area contributed by atoms with E-state index in [1.54, 1.807) is 35.4 Å². The van der Waals surface area contributed by atoms with Gasteiger partial charge in [0.25, 0.3) is 5.91 Å². The average Bonchev–Trinajstić information content (AvgIpc) is 2.88. The van der Waals surface area contributed by atoms with Gasteiger partial charge in [0.15, 0.2) is 0 Å². The molecule has 2 heterocycles. The van der Waals surface area contributed by atoms with E-state index in [2.05, 4.69) is 9.88 Å². The maximum absolute atomic E-state index is 13.0. The Bertz CT molecular complexity index is 962. The number of rotatable bonds is 6. The quantitative estimate of drug-likeness (QED) is 0.630. The number of hydrogen-bond acceptors (Lipinski definition) is 6. The monoisotopic (exact) mass is 461 g/mol. The lowest BCUT2D eigenvalue weighted by Gasteiger charge is -2.25. The Balaban J connectivity index is 0.000000390. The van der Waals surface area contributed by atoms with Crippen LogP contribution in [0.1, 0.15) is 16.8 Å². The summed E-state index contributed by atoms with van der Waals surface area (Å²) in [5, 5.41) is 16.3. The Morgan fingerprint density at radius 3 is 2.38 bits per heavy atom. The Labute approximate surface area is 190 Å². The van der Waals surface area contributed by atoms with Crippen molar-refractivity contribution in [3.05, 3.63) is 65.3 Å². The van der Waals surface area contributed by atoms with Crippen LogP contribution >= 0.6 is 11.6 Å². The van der Waals surface area contributed by atoms with E-state index in [4.69, 9.17) is 26.6 Å². The molecule has 1 aromatic heterocycles. The average molecular weight is 462 g/mol. The molecule has 32 heavy (non-hydrogen) atoms. The van der Waals surface area contributed by atoms with E-state index in [0.29, 0.717) is 35.2 Å². The highest BCUT2D eigenvalue weighted by Gasteiger charge is 2.30. The first-order valence-electron chi connectivity index (χ1n) is 9.65. The fraction of sp³-hybridized carbons (Fsp3) is 0.273. The van der Waals surface area contributed by atoms with E-state index in [0.717, 1.165) is 18.7 Å². The number of aromatic nitrogens is 1. The standard InChI is InChI=1S/C18H20ClN3O2.C4H4O4/c1-21(2)11-9-15-12-22(14-7-5-13(19)6-8-14)18(23)16-4-3-10-20-17(16)24-15;5-3(6)1-2-4(7)8/h3-8,10,15H,9,11-12H2,1-2H3;1-2H,(H,5,6)(H,7,8)/b;2-1+. The number of ether oxygens (including phenoxy) is 1. The highest BCUT2D eigenvalue weighted by molar-refractivity contribution is 6.30. The fourth-order valence-corrected chi connectivity index (χ4v) is 2.94. The van der Waals surface area contributed by atoms with Crippen LogP contribution in [0, 0.1) is 0 Å². The summed E-state index contributed by atoms with van der Waals surface area (Å²) >= 11 is 5.97. The number of fused-ring (bicyclic) bond motifs is 1. The molecule has 1 aliphatic rings. The summed E-state index contributed by atoms with van der Waals surface area (Å²) in [7, 11) is 4.04. The van der Waals surface area contributed by atoms with Crippen molar-refractivity contribution in [2.24, 2.45) is 0 Å². The normalized spacial score (nSPS) is 15.4. The Morgan fingerprint density at radius 2 is 1.81 bits per heavy atom. The summed E-state index contributed by atoms with van der Waals surface area (Å²) in [6.45, 7) is 1.35. The fourth-order valence-electron chi connectivity index (χ4n) is 2.81. The lowest BCUT2D eigenvalue weighted by Crippen LogP contribution is -2.38. The Hall–Kier alpha value is -3.43. The number of aliphatic carboxylic acids is 2. The molecule has 3 rings (SSSR count). The second-order valence-electron chi connectivity index (χ2n) is 7.09. The number of hydrogen-bond donors (Lipinski definition) is 2. The van der Waals surface area contributed by atoms with E-state index in [-0.39, 0.29) is 12.0 Å². The lowest BCUT2D eigenvalue weighted by molar-refractivity contribution is -0.134. The van der Waals surface area contributed by atoms with Gasteiger partial charge in [-0.3, -0.25) is 4.79 Å². The van der Waals surface area contributed by atoms with Gasteiger partial charge in [0.1, 0.15) is 11.7 Å². The zero-order chi connectivity index (χ0) is 23.7. The maximum Gasteiger partial charge on any atom is 0.328 e. The SMILES string of the molecule is CN(C)CCC1CN(c2ccc(Cl)cc2)C(=O)c2cccnc2O1.O=C(O)/C=C/C(=O)O. The number of carbonyl (C=O) groups excluding carboxylic acids is 1. The molecule has 0 spiro atoms. The van der Waals surface area contributed by atoms with Crippen molar-refractivity contribution in [1.29, 1.82) is 0 Å². The number of benzene rings is 1. The van der Waals surface area contributed by atoms with E-state index in [1.165, 1.54) is 0 Å². The first-order chi connectivity index (χ1) is 15.2. The summed E-state index contributed by atoms with van der Waals surface area (Å²) in [5.74, 6) is -2.21. The van der Waals surface area contributed by atoms with E-state index < -0.39 is 11.9 Å². The summed E-state index contributed by atoms with van der Waals surface area (Å²) in [6, 6.07) is 10.8. The van der Waals surface area contributed by atoms with Crippen LogP contribution in [0.2, 0.25) is 5.02 Å². The largest absolute Gasteiger partial charge is 0.478 e. The van der Waals surface area contributed by atoms with Crippen molar-refractivity contribution in [3.63, 3.8) is 0 Å². The van der Waals surface area contributed by atoms with Crippen molar-refractivity contribution >= 4 is 35.1 Å². The van der Waals surface area contributed by atoms with Crippen molar-refractivity contribution in [2.75, 3.05) is 32.1 Å². The molecule has 170 valence electrons. The molecule has 1 aromatic carbocycles. The minimum absolute atomic E-state index is 0.104. The van der Waals surface area contributed by atoms with Crippen LogP contribution in [0.4, 0.5) is 5.69 Å². The van der Waals surface area contributed by atoms with Crippen LogP contribution in [0.5, 0.6) is 5.88 Å². The van der Waals surface area contributed by atoms with Crippen LogP contribution in [-0.4, -0.2) is 71.2 Å². The smallest absolute Gasteiger partial charge is 0.328 e. The molecule has 0 bridgehead atoms. The number of carboxylic acid groups (broad SMARTS) is 2. The van der Waals surface area contributed by atoms with Gasteiger partial charge in [-0.25, -0.2) is 14.6 Å². The molecule has 0 saturated heterocycles. The van der Waals surface area contributed by atoms with Gasteiger partial charge < -0.3 is 24.7 Å². The molecule has 2 N–H and O–H groups in total. The van der Waals surface area contributed by atoms with Crippen molar-refractivity contribution in [3.8, 4) is 5.88 Å². The van der Waals surface area contributed by atoms with Gasteiger partial charge in [0.05, 0.1) is 6.54 Å². The van der Waals surface area contributed by atoms with Crippen LogP contribution in [0.3, 0.4) is 0 Å². The van der Waals surface area contributed by atoms with Crippen LogP contribution in [-0.2, 0) is 9.59 Å². The summed E-state index contributed by atoms with van der Waals surface area (Å²) < 4.78 is 6.03. The molecule has 1 unspecified atom stereocenters. The van der Waals surface area contributed by atoms with E-state index in [1.807, 2.05) is 26.2 Å². The second-order valence-corrected chi connectivity index (χ2v) is 7.53. The highest BCUT2D eigenvalue weighted by atomic mass is 35.5. The molecule has 1 amide bonds. The van der Waals surface area contributed by atoms with E-state index >= 15 is 0 Å². The minimum Gasteiger partial charge on any atom is -0.478 e. The topological polar surface area (TPSA) is 120 Å². The maximum atomic E-state index is 13.0. The molecule has 9 nitrogen and oxygen atoms in total. The number of pyridine rings is 1. The number of anilines is 1. The van der Waals surface area contributed by atoms with Gasteiger partial charge >= 0.3 is 11.9 Å². The van der Waals surface area contributed by atoms with Gasteiger partial charge in [-0.1, -0.05) is 11.6 Å².